The largest absolute Gasteiger partial charge is 0.468 e. The van der Waals surface area contributed by atoms with Gasteiger partial charge in [-0.05, 0) is 20.3 Å². The molecule has 0 unspecified atom stereocenters. The molecular weight excluding hydrogens is 296 g/mol. The van der Waals surface area contributed by atoms with E-state index in [2.05, 4.69) is 11.7 Å². The molecule has 0 spiro atoms. The Morgan fingerprint density at radius 2 is 1.32 bits per heavy atom. The van der Waals surface area contributed by atoms with Gasteiger partial charge in [0.1, 0.15) is 5.41 Å². The number of ether oxygens (including phenoxy) is 1. The van der Waals surface area contributed by atoms with Gasteiger partial charge in [-0.25, -0.2) is 0 Å². The molecule has 0 heterocycles. The van der Waals surface area contributed by atoms with Gasteiger partial charge in [0.25, 0.3) is 0 Å². The van der Waals surface area contributed by atoms with E-state index in [9.17, 15) is 9.59 Å². The molecule has 0 rings (SSSR count). The van der Waals surface area contributed by atoms with E-state index in [1.54, 1.807) is 13.8 Å². The van der Waals surface area contributed by atoms with Gasteiger partial charge in [0.2, 0.25) is 5.12 Å². The Kier molecular flexibility index (Phi) is 12.7. The quantitative estimate of drug-likeness (QED) is 0.259. The van der Waals surface area contributed by atoms with Crippen LogP contribution in [0, 0.1) is 5.41 Å². The molecule has 0 aliphatic carbocycles. The van der Waals surface area contributed by atoms with Crippen LogP contribution in [0.25, 0.3) is 0 Å². The summed E-state index contributed by atoms with van der Waals surface area (Å²) in [5, 5.41) is -0.0877. The predicted octanol–water partition coefficient (Wildman–Crippen LogP) is 5.37. The van der Waals surface area contributed by atoms with E-state index >= 15 is 0 Å². The zero-order chi connectivity index (χ0) is 16.8. The summed E-state index contributed by atoms with van der Waals surface area (Å²) in [6.07, 6.45) is 12.9. The number of methoxy groups -OCH3 is 1. The molecule has 0 aliphatic heterocycles. The monoisotopic (exact) mass is 330 g/mol. The number of unbranched alkanes of at least 4 members (excludes halogenated alkanes) is 9. The van der Waals surface area contributed by atoms with Crippen molar-refractivity contribution in [3.63, 3.8) is 0 Å². The molecule has 0 bridgehead atoms. The summed E-state index contributed by atoms with van der Waals surface area (Å²) >= 11 is 1.26. The third kappa shape index (κ3) is 9.50. The van der Waals surface area contributed by atoms with Gasteiger partial charge in [-0.2, -0.15) is 0 Å². The maximum atomic E-state index is 12.0. The Bertz CT molecular complexity index is 313. The van der Waals surface area contributed by atoms with Gasteiger partial charge in [-0.3, -0.25) is 9.59 Å². The van der Waals surface area contributed by atoms with Crippen molar-refractivity contribution in [2.75, 3.05) is 12.9 Å². The van der Waals surface area contributed by atoms with Crippen LogP contribution < -0.4 is 0 Å². The molecule has 22 heavy (non-hydrogen) atoms. The van der Waals surface area contributed by atoms with Gasteiger partial charge in [-0.15, -0.1) is 0 Å². The zero-order valence-electron chi connectivity index (χ0n) is 14.9. The Morgan fingerprint density at radius 3 is 1.77 bits per heavy atom. The van der Waals surface area contributed by atoms with E-state index in [0.717, 1.165) is 12.2 Å². The number of hydrogen-bond donors (Lipinski definition) is 0. The zero-order valence-corrected chi connectivity index (χ0v) is 15.7. The van der Waals surface area contributed by atoms with Crippen LogP contribution in [0.2, 0.25) is 0 Å². The maximum absolute atomic E-state index is 12.0. The first-order chi connectivity index (χ1) is 10.5. The lowest BCUT2D eigenvalue weighted by molar-refractivity contribution is -0.153. The molecule has 0 N–H and O–H groups in total. The second-order valence-corrected chi connectivity index (χ2v) is 7.50. The summed E-state index contributed by atoms with van der Waals surface area (Å²) in [7, 11) is 1.32. The summed E-state index contributed by atoms with van der Waals surface area (Å²) in [6.45, 7) is 5.51. The van der Waals surface area contributed by atoms with Crippen molar-refractivity contribution in [1.82, 2.24) is 0 Å². The summed E-state index contributed by atoms with van der Waals surface area (Å²) in [4.78, 5) is 23.5. The number of thioether (sulfide) groups is 1. The third-order valence-corrected chi connectivity index (χ3v) is 5.20. The fraction of sp³-hybridized carbons (Fsp3) is 0.889. The second-order valence-electron chi connectivity index (χ2n) is 6.43. The van der Waals surface area contributed by atoms with Crippen LogP contribution in [0.15, 0.2) is 0 Å². The van der Waals surface area contributed by atoms with Crippen LogP contribution in [0.5, 0.6) is 0 Å². The van der Waals surface area contributed by atoms with E-state index < -0.39 is 11.4 Å². The Labute approximate surface area is 141 Å². The first kappa shape index (κ1) is 21.5. The van der Waals surface area contributed by atoms with Gasteiger partial charge < -0.3 is 4.74 Å². The number of hydrogen-bond acceptors (Lipinski definition) is 4. The minimum atomic E-state index is -1.03. The minimum Gasteiger partial charge on any atom is -0.468 e. The van der Waals surface area contributed by atoms with Crippen LogP contribution in [0.1, 0.15) is 85.0 Å². The molecule has 0 atom stereocenters. The molecular formula is C18H34O3S. The summed E-state index contributed by atoms with van der Waals surface area (Å²) < 4.78 is 4.67. The van der Waals surface area contributed by atoms with Crippen molar-refractivity contribution in [3.8, 4) is 0 Å². The van der Waals surface area contributed by atoms with E-state index in [0.29, 0.717) is 0 Å². The van der Waals surface area contributed by atoms with Crippen molar-refractivity contribution in [2.24, 2.45) is 5.41 Å². The predicted molar refractivity (Wildman–Crippen MR) is 95.1 cm³/mol. The van der Waals surface area contributed by atoms with Crippen LogP contribution >= 0.6 is 11.8 Å². The normalized spacial score (nSPS) is 11.5. The maximum Gasteiger partial charge on any atom is 0.319 e. The molecule has 4 heteroatoms. The SMILES string of the molecule is CCCCCCCCCCCCSC(=O)C(C)(C)C(=O)OC. The fourth-order valence-electron chi connectivity index (χ4n) is 2.27. The first-order valence-corrected chi connectivity index (χ1v) is 9.71. The topological polar surface area (TPSA) is 43.4 Å². The highest BCUT2D eigenvalue weighted by atomic mass is 32.2. The van der Waals surface area contributed by atoms with Crippen molar-refractivity contribution in [2.45, 2.75) is 85.0 Å². The fourth-order valence-corrected chi connectivity index (χ4v) is 3.25. The average Bonchev–Trinajstić information content (AvgIpc) is 2.51. The first-order valence-electron chi connectivity index (χ1n) is 8.72. The molecule has 0 amide bonds. The second kappa shape index (κ2) is 13.0. The number of carbonyl (C=O) groups excluding carboxylic acids is 2. The third-order valence-electron chi connectivity index (χ3n) is 3.94. The molecule has 0 saturated heterocycles. The Morgan fingerprint density at radius 1 is 0.864 bits per heavy atom. The van der Waals surface area contributed by atoms with Crippen LogP contribution in [-0.2, 0) is 14.3 Å². The minimum absolute atomic E-state index is 0.0877. The van der Waals surface area contributed by atoms with Crippen LogP contribution in [0.4, 0.5) is 0 Å². The summed E-state index contributed by atoms with van der Waals surface area (Å²) in [6, 6.07) is 0. The van der Waals surface area contributed by atoms with Crippen molar-refractivity contribution >= 4 is 22.8 Å². The molecule has 0 radical (unpaired) electrons. The van der Waals surface area contributed by atoms with Gasteiger partial charge in [0, 0.05) is 5.75 Å². The van der Waals surface area contributed by atoms with E-state index in [-0.39, 0.29) is 5.12 Å². The number of rotatable bonds is 13. The lowest BCUT2D eigenvalue weighted by Gasteiger charge is -2.18. The summed E-state index contributed by atoms with van der Waals surface area (Å²) in [5.74, 6) is 0.350. The van der Waals surface area contributed by atoms with E-state index in [4.69, 9.17) is 0 Å². The molecule has 0 aromatic heterocycles. The molecule has 0 fully saturated rings. The summed E-state index contributed by atoms with van der Waals surface area (Å²) in [5.41, 5.74) is -1.03. The highest BCUT2D eigenvalue weighted by Gasteiger charge is 2.36. The molecule has 130 valence electrons. The average molecular weight is 331 g/mol. The van der Waals surface area contributed by atoms with Crippen LogP contribution in [0.3, 0.4) is 0 Å². The van der Waals surface area contributed by atoms with Gasteiger partial charge in [-0.1, -0.05) is 76.5 Å². The van der Waals surface area contributed by atoms with E-state index in [1.165, 1.54) is 76.7 Å². The smallest absolute Gasteiger partial charge is 0.319 e. The highest BCUT2D eigenvalue weighted by molar-refractivity contribution is 8.13. The van der Waals surface area contributed by atoms with Gasteiger partial charge >= 0.3 is 5.97 Å². The standard InChI is InChI=1S/C18H34O3S/c1-5-6-7-8-9-10-11-12-13-14-15-22-17(20)18(2,3)16(19)21-4/h5-15H2,1-4H3. The lowest BCUT2D eigenvalue weighted by Crippen LogP contribution is -2.32. The Balaban J connectivity index is 3.50. The molecule has 0 aromatic carbocycles. The van der Waals surface area contributed by atoms with Crippen LogP contribution in [-0.4, -0.2) is 23.9 Å². The van der Waals surface area contributed by atoms with Crippen molar-refractivity contribution in [3.05, 3.63) is 0 Å². The Hall–Kier alpha value is -0.510. The molecule has 0 aliphatic rings. The molecule has 0 saturated carbocycles. The highest BCUT2D eigenvalue weighted by Crippen LogP contribution is 2.26. The van der Waals surface area contributed by atoms with E-state index in [1.807, 2.05) is 0 Å². The van der Waals surface area contributed by atoms with Gasteiger partial charge in [0.05, 0.1) is 7.11 Å². The molecule has 3 nitrogen and oxygen atoms in total. The lowest BCUT2D eigenvalue weighted by atomic mass is 9.96. The van der Waals surface area contributed by atoms with Crippen molar-refractivity contribution < 1.29 is 14.3 Å². The van der Waals surface area contributed by atoms with Gasteiger partial charge in [0.15, 0.2) is 0 Å². The molecule has 0 aromatic rings. The van der Waals surface area contributed by atoms with Crippen molar-refractivity contribution in [1.29, 1.82) is 0 Å². The number of carbonyl (C=O) groups is 2. The number of esters is 1.